The molecule has 2 aromatic carbocycles. The Labute approximate surface area is 183 Å². The molecule has 2 heterocycles. The average molecular weight is 444 g/mol. The Balaban J connectivity index is 1.70. The average Bonchev–Trinajstić information content (AvgIpc) is 3.29. The molecule has 1 fully saturated rings. The van der Waals surface area contributed by atoms with E-state index >= 15 is 0 Å². The molecule has 1 N–H and O–H groups in total. The van der Waals surface area contributed by atoms with Crippen LogP contribution in [-0.2, 0) is 6.18 Å². The number of piperazine rings is 1. The van der Waals surface area contributed by atoms with E-state index in [9.17, 15) is 18.0 Å². The molecule has 9 heteroatoms. The van der Waals surface area contributed by atoms with Crippen molar-refractivity contribution in [3.05, 3.63) is 66.0 Å². The van der Waals surface area contributed by atoms with E-state index in [0.717, 1.165) is 23.3 Å². The van der Waals surface area contributed by atoms with Crippen LogP contribution in [0.2, 0.25) is 0 Å². The van der Waals surface area contributed by atoms with Gasteiger partial charge < -0.3 is 15.0 Å². The van der Waals surface area contributed by atoms with E-state index in [1.807, 2.05) is 31.2 Å². The molecule has 0 aliphatic carbocycles. The van der Waals surface area contributed by atoms with Gasteiger partial charge in [0.2, 0.25) is 0 Å². The summed E-state index contributed by atoms with van der Waals surface area (Å²) in [6.45, 7) is 4.54. The molecule has 1 aliphatic rings. The van der Waals surface area contributed by atoms with E-state index < -0.39 is 17.6 Å². The maximum absolute atomic E-state index is 13.6. The second-order valence-electron chi connectivity index (χ2n) is 7.44. The van der Waals surface area contributed by atoms with Crippen molar-refractivity contribution in [1.29, 1.82) is 0 Å². The SMILES string of the molecule is CCOc1cccc(-c2cnn(-c3cc(C(=O)N4CCNCC4)cc(C(F)(F)F)c3)c2)c1. The van der Waals surface area contributed by atoms with E-state index in [1.165, 1.54) is 10.7 Å². The molecule has 0 radical (unpaired) electrons. The van der Waals surface area contributed by atoms with Crippen molar-refractivity contribution in [3.63, 3.8) is 0 Å². The number of halogens is 3. The van der Waals surface area contributed by atoms with Crippen LogP contribution in [0.4, 0.5) is 13.2 Å². The second kappa shape index (κ2) is 9.04. The van der Waals surface area contributed by atoms with Gasteiger partial charge in [-0.15, -0.1) is 0 Å². The van der Waals surface area contributed by atoms with Gasteiger partial charge in [0.25, 0.3) is 5.91 Å². The fraction of sp³-hybridized carbons (Fsp3) is 0.304. The number of benzene rings is 2. The summed E-state index contributed by atoms with van der Waals surface area (Å²) in [6, 6.07) is 10.7. The lowest BCUT2D eigenvalue weighted by Gasteiger charge is -2.27. The highest BCUT2D eigenvalue weighted by Gasteiger charge is 2.32. The van der Waals surface area contributed by atoms with Gasteiger partial charge >= 0.3 is 6.18 Å². The number of carbonyl (C=O) groups excluding carboxylic acids is 1. The van der Waals surface area contributed by atoms with Gasteiger partial charge in [0.1, 0.15) is 5.75 Å². The van der Waals surface area contributed by atoms with Crippen LogP contribution in [0.25, 0.3) is 16.8 Å². The minimum Gasteiger partial charge on any atom is -0.494 e. The van der Waals surface area contributed by atoms with Crippen LogP contribution in [0, 0.1) is 0 Å². The van der Waals surface area contributed by atoms with Gasteiger partial charge in [-0.05, 0) is 42.8 Å². The molecule has 168 valence electrons. The van der Waals surface area contributed by atoms with Gasteiger partial charge in [-0.25, -0.2) is 4.68 Å². The number of alkyl halides is 3. The third kappa shape index (κ3) is 4.77. The maximum atomic E-state index is 13.6. The van der Waals surface area contributed by atoms with E-state index in [1.54, 1.807) is 17.3 Å². The summed E-state index contributed by atoms with van der Waals surface area (Å²) in [5.41, 5.74) is 0.826. The number of hydrogen-bond acceptors (Lipinski definition) is 4. The molecule has 3 aromatic rings. The lowest BCUT2D eigenvalue weighted by Crippen LogP contribution is -2.46. The van der Waals surface area contributed by atoms with Gasteiger partial charge in [0.05, 0.1) is 24.1 Å². The Bertz CT molecular complexity index is 1100. The van der Waals surface area contributed by atoms with Crippen LogP contribution in [-0.4, -0.2) is 53.4 Å². The number of hydrogen-bond donors (Lipinski definition) is 1. The molecule has 32 heavy (non-hydrogen) atoms. The third-order valence-electron chi connectivity index (χ3n) is 5.22. The minimum absolute atomic E-state index is 0.00730. The van der Waals surface area contributed by atoms with Crippen LogP contribution < -0.4 is 10.1 Å². The van der Waals surface area contributed by atoms with Crippen molar-refractivity contribution in [2.24, 2.45) is 0 Å². The summed E-state index contributed by atoms with van der Waals surface area (Å²) in [7, 11) is 0. The lowest BCUT2D eigenvalue weighted by molar-refractivity contribution is -0.137. The molecule has 0 bridgehead atoms. The summed E-state index contributed by atoms with van der Waals surface area (Å²) in [5.74, 6) is 0.274. The van der Waals surface area contributed by atoms with Crippen molar-refractivity contribution in [3.8, 4) is 22.6 Å². The summed E-state index contributed by atoms with van der Waals surface area (Å²) >= 11 is 0. The van der Waals surface area contributed by atoms with Crippen LogP contribution in [0.1, 0.15) is 22.8 Å². The van der Waals surface area contributed by atoms with Crippen molar-refractivity contribution in [1.82, 2.24) is 20.0 Å². The lowest BCUT2D eigenvalue weighted by atomic mass is 10.1. The minimum atomic E-state index is -4.59. The molecule has 1 saturated heterocycles. The van der Waals surface area contributed by atoms with Crippen molar-refractivity contribution >= 4 is 5.91 Å². The van der Waals surface area contributed by atoms with Crippen molar-refractivity contribution in [2.75, 3.05) is 32.8 Å². The number of amides is 1. The number of aromatic nitrogens is 2. The Kier molecular flexibility index (Phi) is 6.18. The number of carbonyl (C=O) groups is 1. The van der Waals surface area contributed by atoms with E-state index in [4.69, 9.17) is 4.74 Å². The first-order valence-electron chi connectivity index (χ1n) is 10.4. The molecule has 0 unspecified atom stereocenters. The monoisotopic (exact) mass is 444 g/mol. The van der Waals surface area contributed by atoms with Gasteiger partial charge in [0, 0.05) is 43.5 Å². The molecule has 0 spiro atoms. The smallest absolute Gasteiger partial charge is 0.416 e. The number of nitrogens with zero attached hydrogens (tertiary/aromatic N) is 3. The van der Waals surface area contributed by atoms with E-state index in [-0.39, 0.29) is 11.3 Å². The predicted molar refractivity (Wildman–Crippen MR) is 114 cm³/mol. The largest absolute Gasteiger partial charge is 0.494 e. The molecule has 1 aromatic heterocycles. The summed E-state index contributed by atoms with van der Waals surface area (Å²) in [5, 5.41) is 7.38. The second-order valence-corrected chi connectivity index (χ2v) is 7.44. The highest BCUT2D eigenvalue weighted by atomic mass is 19.4. The molecular weight excluding hydrogens is 421 g/mol. The van der Waals surface area contributed by atoms with Gasteiger partial charge in [0.15, 0.2) is 0 Å². The predicted octanol–water partition coefficient (Wildman–Crippen LogP) is 4.00. The Morgan fingerprint density at radius 3 is 2.62 bits per heavy atom. The molecule has 1 aliphatic heterocycles. The number of nitrogens with one attached hydrogen (secondary N) is 1. The van der Waals surface area contributed by atoms with Crippen LogP contribution >= 0.6 is 0 Å². The highest BCUT2D eigenvalue weighted by Crippen LogP contribution is 2.32. The first-order chi connectivity index (χ1) is 15.3. The standard InChI is InChI=1S/C23H23F3N4O2/c1-2-32-21-5-3-4-16(12-21)18-14-28-30(15-18)20-11-17(10-19(13-20)23(24,25)26)22(31)29-8-6-27-7-9-29/h3-5,10-15,27H,2,6-9H2,1H3. The zero-order valence-corrected chi connectivity index (χ0v) is 17.5. The quantitative estimate of drug-likeness (QED) is 0.646. The Morgan fingerprint density at radius 2 is 1.91 bits per heavy atom. The Morgan fingerprint density at radius 1 is 1.12 bits per heavy atom. The van der Waals surface area contributed by atoms with Crippen molar-refractivity contribution < 1.29 is 22.7 Å². The fourth-order valence-electron chi connectivity index (χ4n) is 3.63. The number of ether oxygens (including phenoxy) is 1. The maximum Gasteiger partial charge on any atom is 0.416 e. The topological polar surface area (TPSA) is 59.4 Å². The molecule has 1 amide bonds. The van der Waals surface area contributed by atoms with Crippen LogP contribution in [0.15, 0.2) is 54.9 Å². The molecule has 0 saturated carbocycles. The molecule has 6 nitrogen and oxygen atoms in total. The summed E-state index contributed by atoms with van der Waals surface area (Å²) in [6.07, 6.45) is -1.38. The van der Waals surface area contributed by atoms with E-state index in [2.05, 4.69) is 10.4 Å². The zero-order valence-electron chi connectivity index (χ0n) is 17.5. The van der Waals surface area contributed by atoms with E-state index in [0.29, 0.717) is 38.5 Å². The van der Waals surface area contributed by atoms with Crippen LogP contribution in [0.3, 0.4) is 0 Å². The summed E-state index contributed by atoms with van der Waals surface area (Å²) in [4.78, 5) is 14.4. The van der Waals surface area contributed by atoms with Gasteiger partial charge in [-0.1, -0.05) is 12.1 Å². The zero-order chi connectivity index (χ0) is 22.7. The van der Waals surface area contributed by atoms with Gasteiger partial charge in [-0.2, -0.15) is 18.3 Å². The Hall–Kier alpha value is -3.33. The number of rotatable bonds is 5. The first-order valence-corrected chi connectivity index (χ1v) is 10.4. The molecule has 4 rings (SSSR count). The van der Waals surface area contributed by atoms with Crippen molar-refractivity contribution in [2.45, 2.75) is 13.1 Å². The first kappa shape index (κ1) is 21.9. The normalized spacial score (nSPS) is 14.4. The third-order valence-corrected chi connectivity index (χ3v) is 5.22. The molecule has 0 atom stereocenters. The highest BCUT2D eigenvalue weighted by molar-refractivity contribution is 5.95. The van der Waals surface area contributed by atoms with Crippen LogP contribution in [0.5, 0.6) is 5.75 Å². The fourth-order valence-corrected chi connectivity index (χ4v) is 3.63. The molecular formula is C23H23F3N4O2. The summed E-state index contributed by atoms with van der Waals surface area (Å²) < 4.78 is 47.6. The van der Waals surface area contributed by atoms with Gasteiger partial charge in [-0.3, -0.25) is 4.79 Å².